The number of nitrogens with one attached hydrogen (secondary N) is 1. The third-order valence-electron chi connectivity index (χ3n) is 4.45. The molecule has 0 radical (unpaired) electrons. The number of furan rings is 1. The third-order valence-corrected chi connectivity index (χ3v) is 4.45. The lowest BCUT2D eigenvalue weighted by molar-refractivity contribution is 0.0703. The van der Waals surface area contributed by atoms with E-state index in [2.05, 4.69) is 5.32 Å². The summed E-state index contributed by atoms with van der Waals surface area (Å²) in [6, 6.07) is 2.45. The molecule has 2 aliphatic rings. The quantitative estimate of drug-likeness (QED) is 0.919. The Balaban J connectivity index is 1.51. The summed E-state index contributed by atoms with van der Waals surface area (Å²) in [5.41, 5.74) is 0.729. The van der Waals surface area contributed by atoms with Gasteiger partial charge in [-0.2, -0.15) is 0 Å². The summed E-state index contributed by atoms with van der Waals surface area (Å²) < 4.78 is 5.46. The predicted molar refractivity (Wildman–Crippen MR) is 77.8 cm³/mol. The van der Waals surface area contributed by atoms with E-state index in [9.17, 15) is 4.79 Å². The fourth-order valence-electron chi connectivity index (χ4n) is 2.96. The molecule has 0 unspecified atom stereocenters. The summed E-state index contributed by atoms with van der Waals surface area (Å²) in [4.78, 5) is 14.4. The molecule has 1 N–H and O–H groups in total. The van der Waals surface area contributed by atoms with Crippen LogP contribution in [-0.4, -0.2) is 36.5 Å². The van der Waals surface area contributed by atoms with Crippen molar-refractivity contribution < 1.29 is 9.21 Å². The topological polar surface area (TPSA) is 45.5 Å². The van der Waals surface area contributed by atoms with Gasteiger partial charge in [-0.25, -0.2) is 0 Å². The van der Waals surface area contributed by atoms with Crippen molar-refractivity contribution in [3.05, 3.63) is 23.2 Å². The second kappa shape index (κ2) is 5.60. The van der Waals surface area contributed by atoms with Gasteiger partial charge in [0.05, 0.1) is 5.56 Å². The molecule has 20 heavy (non-hydrogen) atoms. The summed E-state index contributed by atoms with van der Waals surface area (Å²) in [6.07, 6.45) is 4.91. The van der Waals surface area contributed by atoms with E-state index in [1.807, 2.05) is 24.8 Å². The first-order valence-electron chi connectivity index (χ1n) is 7.73. The molecule has 0 spiro atoms. The Morgan fingerprint density at radius 2 is 2.00 bits per heavy atom. The van der Waals surface area contributed by atoms with Gasteiger partial charge in [0.25, 0.3) is 5.91 Å². The Kier molecular flexibility index (Phi) is 3.83. The van der Waals surface area contributed by atoms with E-state index >= 15 is 0 Å². The van der Waals surface area contributed by atoms with Gasteiger partial charge < -0.3 is 14.6 Å². The van der Waals surface area contributed by atoms with E-state index in [0.717, 1.165) is 48.9 Å². The van der Waals surface area contributed by atoms with E-state index in [4.69, 9.17) is 4.42 Å². The average molecular weight is 276 g/mol. The zero-order valence-corrected chi connectivity index (χ0v) is 12.4. The van der Waals surface area contributed by atoms with Gasteiger partial charge in [-0.3, -0.25) is 4.79 Å². The summed E-state index contributed by atoms with van der Waals surface area (Å²) >= 11 is 0. The maximum absolute atomic E-state index is 12.5. The Bertz CT molecular complexity index is 483. The van der Waals surface area contributed by atoms with Crippen LogP contribution in [0, 0.1) is 19.8 Å². The lowest BCUT2D eigenvalue weighted by Gasteiger charge is -2.32. The predicted octanol–water partition coefficient (Wildman–Crippen LogP) is 2.50. The number of carbonyl (C=O) groups excluding carboxylic acids is 1. The van der Waals surface area contributed by atoms with Crippen molar-refractivity contribution in [3.63, 3.8) is 0 Å². The Hall–Kier alpha value is -1.29. The van der Waals surface area contributed by atoms with Crippen molar-refractivity contribution in [1.29, 1.82) is 0 Å². The van der Waals surface area contributed by atoms with Gasteiger partial charge in [0.1, 0.15) is 11.5 Å². The summed E-state index contributed by atoms with van der Waals surface area (Å²) in [6.45, 7) is 6.62. The molecule has 1 aliphatic carbocycles. The highest BCUT2D eigenvalue weighted by Gasteiger charge is 2.27. The molecule has 2 heterocycles. The highest BCUT2D eigenvalue weighted by Crippen LogP contribution is 2.28. The van der Waals surface area contributed by atoms with Gasteiger partial charge in [-0.05, 0) is 58.1 Å². The molecular weight excluding hydrogens is 252 g/mol. The van der Waals surface area contributed by atoms with Crippen LogP contribution in [0.1, 0.15) is 47.6 Å². The number of hydrogen-bond acceptors (Lipinski definition) is 3. The van der Waals surface area contributed by atoms with E-state index in [1.54, 1.807) is 0 Å². The number of hydrogen-bond donors (Lipinski definition) is 1. The molecular formula is C16H24N2O2. The van der Waals surface area contributed by atoms with Crippen molar-refractivity contribution in [3.8, 4) is 0 Å². The van der Waals surface area contributed by atoms with Crippen LogP contribution >= 0.6 is 0 Å². The molecule has 0 aromatic carbocycles. The normalized spacial score (nSPS) is 20.4. The smallest absolute Gasteiger partial charge is 0.257 e. The van der Waals surface area contributed by atoms with Crippen LogP contribution in [0.25, 0.3) is 0 Å². The average Bonchev–Trinajstić information content (AvgIpc) is 3.21. The first kappa shape index (κ1) is 13.7. The summed E-state index contributed by atoms with van der Waals surface area (Å²) in [5.74, 6) is 2.60. The molecule has 1 amide bonds. The largest absolute Gasteiger partial charge is 0.466 e. The second-order valence-electron chi connectivity index (χ2n) is 6.25. The Labute approximate surface area is 120 Å². The van der Waals surface area contributed by atoms with Crippen molar-refractivity contribution >= 4 is 5.91 Å². The SMILES string of the molecule is Cc1cc(C(=O)N2CCC(NCC3CC3)CC2)c(C)o1. The maximum atomic E-state index is 12.5. The van der Waals surface area contributed by atoms with Crippen LogP contribution in [0.15, 0.2) is 10.5 Å². The van der Waals surface area contributed by atoms with Gasteiger partial charge in [-0.15, -0.1) is 0 Å². The highest BCUT2D eigenvalue weighted by molar-refractivity contribution is 5.95. The lowest BCUT2D eigenvalue weighted by atomic mass is 10.0. The van der Waals surface area contributed by atoms with Gasteiger partial charge in [0.2, 0.25) is 0 Å². The number of likely N-dealkylation sites (tertiary alicyclic amines) is 1. The van der Waals surface area contributed by atoms with Gasteiger partial charge in [0.15, 0.2) is 0 Å². The van der Waals surface area contributed by atoms with Crippen molar-refractivity contribution in [2.24, 2.45) is 5.92 Å². The van der Waals surface area contributed by atoms with Crippen LogP contribution in [0.5, 0.6) is 0 Å². The van der Waals surface area contributed by atoms with E-state index < -0.39 is 0 Å². The van der Waals surface area contributed by atoms with Crippen LogP contribution < -0.4 is 5.32 Å². The minimum Gasteiger partial charge on any atom is -0.466 e. The van der Waals surface area contributed by atoms with Crippen LogP contribution in [0.3, 0.4) is 0 Å². The van der Waals surface area contributed by atoms with Crippen molar-refractivity contribution in [1.82, 2.24) is 10.2 Å². The number of rotatable bonds is 4. The van der Waals surface area contributed by atoms with Gasteiger partial charge in [0, 0.05) is 19.1 Å². The molecule has 3 rings (SSSR count). The zero-order valence-electron chi connectivity index (χ0n) is 12.4. The minimum absolute atomic E-state index is 0.125. The molecule has 1 saturated carbocycles. The van der Waals surface area contributed by atoms with Crippen molar-refractivity contribution in [2.45, 2.75) is 45.6 Å². The second-order valence-corrected chi connectivity index (χ2v) is 6.25. The molecule has 2 fully saturated rings. The van der Waals surface area contributed by atoms with E-state index in [1.165, 1.54) is 19.4 Å². The number of amides is 1. The molecule has 1 saturated heterocycles. The molecule has 0 bridgehead atoms. The maximum Gasteiger partial charge on any atom is 0.257 e. The fourth-order valence-corrected chi connectivity index (χ4v) is 2.96. The van der Waals surface area contributed by atoms with Gasteiger partial charge >= 0.3 is 0 Å². The summed E-state index contributed by atoms with van der Waals surface area (Å²) in [7, 11) is 0. The van der Waals surface area contributed by atoms with Crippen LogP contribution in [0.4, 0.5) is 0 Å². The molecule has 4 nitrogen and oxygen atoms in total. The van der Waals surface area contributed by atoms with E-state index in [0.29, 0.717) is 6.04 Å². The molecule has 4 heteroatoms. The van der Waals surface area contributed by atoms with Gasteiger partial charge in [-0.1, -0.05) is 0 Å². The number of aryl methyl sites for hydroxylation is 2. The standard InChI is InChI=1S/C16H24N2O2/c1-11-9-15(12(2)20-11)16(19)18-7-5-14(6-8-18)17-10-13-3-4-13/h9,13-14,17H,3-8,10H2,1-2H3. The first-order valence-corrected chi connectivity index (χ1v) is 7.73. The minimum atomic E-state index is 0.125. The first-order chi connectivity index (χ1) is 9.63. The number of piperidine rings is 1. The molecule has 1 aromatic rings. The number of nitrogens with zero attached hydrogens (tertiary/aromatic N) is 1. The molecule has 1 aliphatic heterocycles. The fraction of sp³-hybridized carbons (Fsp3) is 0.688. The molecule has 110 valence electrons. The van der Waals surface area contributed by atoms with Crippen LogP contribution in [-0.2, 0) is 0 Å². The Morgan fingerprint density at radius 3 is 2.55 bits per heavy atom. The summed E-state index contributed by atoms with van der Waals surface area (Å²) in [5, 5.41) is 3.64. The highest BCUT2D eigenvalue weighted by atomic mass is 16.3. The zero-order chi connectivity index (χ0) is 14.1. The lowest BCUT2D eigenvalue weighted by Crippen LogP contribution is -2.45. The molecule has 1 aromatic heterocycles. The number of carbonyl (C=O) groups is 1. The van der Waals surface area contributed by atoms with Crippen LogP contribution in [0.2, 0.25) is 0 Å². The van der Waals surface area contributed by atoms with E-state index in [-0.39, 0.29) is 5.91 Å². The van der Waals surface area contributed by atoms with Crippen molar-refractivity contribution in [2.75, 3.05) is 19.6 Å². The monoisotopic (exact) mass is 276 g/mol. The molecule has 0 atom stereocenters. The Morgan fingerprint density at radius 1 is 1.30 bits per heavy atom. The third kappa shape index (κ3) is 3.06.